The molecule has 3 atom stereocenters. The van der Waals surface area contributed by atoms with Crippen LogP contribution in [0, 0.1) is 5.92 Å². The molecule has 0 aromatic carbocycles. The van der Waals surface area contributed by atoms with E-state index in [-0.39, 0.29) is 6.04 Å². The Balaban J connectivity index is 1.64. The molecule has 1 aliphatic carbocycles. The van der Waals surface area contributed by atoms with E-state index in [9.17, 15) is 0 Å². The van der Waals surface area contributed by atoms with Crippen LogP contribution in [0.5, 0.6) is 0 Å². The standard InChI is InChI=1S/C14H21N5O/c1-2-9-3-4-10(5-9)13-18-14(20-19-13)12(15)6-11-7-16-8-17-11/h7-10,12H,2-6,15H2,1H3,(H,16,17)/t9?,10?,12-/m1/s1. The number of nitrogens with two attached hydrogens (primary N) is 1. The quantitative estimate of drug-likeness (QED) is 0.873. The molecule has 108 valence electrons. The molecule has 1 saturated carbocycles. The van der Waals surface area contributed by atoms with E-state index in [0.717, 1.165) is 23.9 Å². The highest BCUT2D eigenvalue weighted by Crippen LogP contribution is 2.38. The van der Waals surface area contributed by atoms with Crippen LogP contribution >= 0.6 is 0 Å². The van der Waals surface area contributed by atoms with Crippen LogP contribution in [0.15, 0.2) is 17.0 Å². The van der Waals surface area contributed by atoms with Crippen LogP contribution in [0.4, 0.5) is 0 Å². The average Bonchev–Trinajstić information content (AvgIpc) is 3.19. The zero-order valence-corrected chi connectivity index (χ0v) is 11.7. The van der Waals surface area contributed by atoms with Crippen LogP contribution in [0.2, 0.25) is 0 Å². The smallest absolute Gasteiger partial charge is 0.243 e. The van der Waals surface area contributed by atoms with Crippen molar-refractivity contribution in [1.29, 1.82) is 0 Å². The summed E-state index contributed by atoms with van der Waals surface area (Å²) in [6.07, 6.45) is 8.87. The molecule has 0 radical (unpaired) electrons. The van der Waals surface area contributed by atoms with Gasteiger partial charge < -0.3 is 15.2 Å². The van der Waals surface area contributed by atoms with Gasteiger partial charge in [-0.3, -0.25) is 0 Å². The van der Waals surface area contributed by atoms with E-state index in [2.05, 4.69) is 27.0 Å². The predicted octanol–water partition coefficient (Wildman–Crippen LogP) is 2.33. The number of aromatic nitrogens is 4. The lowest BCUT2D eigenvalue weighted by molar-refractivity contribution is 0.347. The van der Waals surface area contributed by atoms with Gasteiger partial charge in [0.05, 0.1) is 12.4 Å². The van der Waals surface area contributed by atoms with Gasteiger partial charge >= 0.3 is 0 Å². The summed E-state index contributed by atoms with van der Waals surface area (Å²) in [5.74, 6) is 2.60. The largest absolute Gasteiger partial charge is 0.348 e. The Morgan fingerprint density at radius 1 is 1.50 bits per heavy atom. The molecule has 1 fully saturated rings. The van der Waals surface area contributed by atoms with E-state index in [1.165, 1.54) is 19.3 Å². The predicted molar refractivity (Wildman–Crippen MR) is 73.9 cm³/mol. The first kappa shape index (κ1) is 13.3. The Labute approximate surface area is 118 Å². The first-order valence-corrected chi connectivity index (χ1v) is 7.32. The van der Waals surface area contributed by atoms with Crippen LogP contribution in [0.1, 0.15) is 62.0 Å². The highest BCUT2D eigenvalue weighted by molar-refractivity contribution is 5.05. The Morgan fingerprint density at radius 3 is 3.10 bits per heavy atom. The van der Waals surface area contributed by atoms with Crippen molar-refractivity contribution in [2.45, 2.75) is 51.0 Å². The molecule has 2 heterocycles. The molecule has 0 amide bonds. The minimum Gasteiger partial charge on any atom is -0.348 e. The second-order valence-electron chi connectivity index (χ2n) is 5.66. The third-order valence-electron chi connectivity index (χ3n) is 4.25. The molecule has 0 bridgehead atoms. The first-order chi connectivity index (χ1) is 9.76. The van der Waals surface area contributed by atoms with Gasteiger partial charge in [0.15, 0.2) is 5.82 Å². The second-order valence-corrected chi connectivity index (χ2v) is 5.66. The number of H-pyrrole nitrogens is 1. The lowest BCUT2D eigenvalue weighted by Crippen LogP contribution is -2.14. The van der Waals surface area contributed by atoms with E-state index in [1.54, 1.807) is 12.5 Å². The fourth-order valence-electron chi connectivity index (χ4n) is 2.96. The van der Waals surface area contributed by atoms with Gasteiger partial charge in [-0.15, -0.1) is 0 Å². The molecule has 2 aromatic rings. The molecule has 6 heteroatoms. The Bertz CT molecular complexity index is 536. The molecular weight excluding hydrogens is 254 g/mol. The van der Waals surface area contributed by atoms with Crippen LogP contribution in [-0.2, 0) is 6.42 Å². The number of imidazole rings is 1. The molecule has 6 nitrogen and oxygen atoms in total. The third-order valence-corrected chi connectivity index (χ3v) is 4.25. The van der Waals surface area contributed by atoms with Crippen molar-refractivity contribution >= 4 is 0 Å². The van der Waals surface area contributed by atoms with Gasteiger partial charge in [-0.2, -0.15) is 4.98 Å². The van der Waals surface area contributed by atoms with E-state index in [1.807, 2.05) is 0 Å². The van der Waals surface area contributed by atoms with Crippen LogP contribution in [0.3, 0.4) is 0 Å². The highest BCUT2D eigenvalue weighted by Gasteiger charge is 2.29. The van der Waals surface area contributed by atoms with E-state index in [4.69, 9.17) is 10.3 Å². The number of nitrogens with zero attached hydrogens (tertiary/aromatic N) is 3. The number of aromatic amines is 1. The van der Waals surface area contributed by atoms with Crippen LogP contribution in [0.25, 0.3) is 0 Å². The first-order valence-electron chi connectivity index (χ1n) is 7.32. The summed E-state index contributed by atoms with van der Waals surface area (Å²) in [6.45, 7) is 2.25. The summed E-state index contributed by atoms with van der Waals surface area (Å²) in [7, 11) is 0. The molecular formula is C14H21N5O. The summed E-state index contributed by atoms with van der Waals surface area (Å²) in [6, 6.07) is -0.278. The lowest BCUT2D eigenvalue weighted by Gasteiger charge is -2.05. The second kappa shape index (κ2) is 5.75. The monoisotopic (exact) mass is 275 g/mol. The summed E-state index contributed by atoms with van der Waals surface area (Å²) in [4.78, 5) is 11.5. The molecule has 2 unspecified atom stereocenters. The summed E-state index contributed by atoms with van der Waals surface area (Å²) in [5, 5.41) is 4.13. The zero-order valence-electron chi connectivity index (χ0n) is 11.7. The van der Waals surface area contributed by atoms with Crippen LogP contribution in [-0.4, -0.2) is 20.1 Å². The normalized spacial score (nSPS) is 24.1. The summed E-state index contributed by atoms with van der Waals surface area (Å²) >= 11 is 0. The summed E-state index contributed by atoms with van der Waals surface area (Å²) in [5.41, 5.74) is 7.08. The van der Waals surface area contributed by atoms with Gasteiger partial charge in [0.25, 0.3) is 0 Å². The molecule has 1 aliphatic rings. The maximum atomic E-state index is 6.11. The molecule has 2 aromatic heterocycles. The lowest BCUT2D eigenvalue weighted by atomic mass is 10.0. The molecule has 20 heavy (non-hydrogen) atoms. The van der Waals surface area contributed by atoms with Gasteiger partial charge in [0.2, 0.25) is 5.89 Å². The number of hydrogen-bond donors (Lipinski definition) is 2. The average molecular weight is 275 g/mol. The van der Waals surface area contributed by atoms with Crippen molar-refractivity contribution in [2.24, 2.45) is 11.7 Å². The van der Waals surface area contributed by atoms with Gasteiger partial charge in [0, 0.05) is 24.2 Å². The Hall–Kier alpha value is -1.69. The molecule has 0 spiro atoms. The number of rotatable bonds is 5. The fraction of sp³-hybridized carbons (Fsp3) is 0.643. The molecule has 3 N–H and O–H groups in total. The SMILES string of the molecule is CCC1CCC(c2noc([C@H](N)Cc3cnc[nH]3)n2)C1. The van der Waals surface area contributed by atoms with Crippen molar-refractivity contribution in [2.75, 3.05) is 0 Å². The molecule has 0 saturated heterocycles. The van der Waals surface area contributed by atoms with Gasteiger partial charge in [-0.1, -0.05) is 18.5 Å². The number of hydrogen-bond acceptors (Lipinski definition) is 5. The topological polar surface area (TPSA) is 93.6 Å². The van der Waals surface area contributed by atoms with Crippen molar-refractivity contribution in [3.05, 3.63) is 29.9 Å². The van der Waals surface area contributed by atoms with Crippen LogP contribution < -0.4 is 5.73 Å². The van der Waals surface area contributed by atoms with Gasteiger partial charge in [-0.25, -0.2) is 4.98 Å². The molecule has 3 rings (SSSR count). The van der Waals surface area contributed by atoms with E-state index < -0.39 is 0 Å². The zero-order chi connectivity index (χ0) is 13.9. The van der Waals surface area contributed by atoms with E-state index in [0.29, 0.717) is 18.2 Å². The van der Waals surface area contributed by atoms with Gasteiger partial charge in [-0.05, 0) is 25.2 Å². The van der Waals surface area contributed by atoms with Crippen molar-refractivity contribution in [3.63, 3.8) is 0 Å². The van der Waals surface area contributed by atoms with Crippen molar-refractivity contribution in [3.8, 4) is 0 Å². The highest BCUT2D eigenvalue weighted by atomic mass is 16.5. The molecule has 0 aliphatic heterocycles. The van der Waals surface area contributed by atoms with Crippen molar-refractivity contribution in [1.82, 2.24) is 20.1 Å². The third kappa shape index (κ3) is 2.75. The number of nitrogens with one attached hydrogen (secondary N) is 1. The fourth-order valence-corrected chi connectivity index (χ4v) is 2.96. The minimum atomic E-state index is -0.278. The van der Waals surface area contributed by atoms with E-state index >= 15 is 0 Å². The Morgan fingerprint density at radius 2 is 2.40 bits per heavy atom. The van der Waals surface area contributed by atoms with Gasteiger partial charge in [0.1, 0.15) is 0 Å². The summed E-state index contributed by atoms with van der Waals surface area (Å²) < 4.78 is 5.34. The Kier molecular flexibility index (Phi) is 3.82. The maximum Gasteiger partial charge on any atom is 0.243 e. The maximum absolute atomic E-state index is 6.11. The van der Waals surface area contributed by atoms with Crippen molar-refractivity contribution < 1.29 is 4.52 Å². The minimum absolute atomic E-state index is 0.278.